The molecule has 0 amide bonds. The number of hydrogen-bond donors (Lipinski definition) is 0. The number of para-hydroxylation sites is 1. The number of benzene rings is 6. The minimum absolute atomic E-state index is 0.0176. The van der Waals surface area contributed by atoms with Gasteiger partial charge in [0.1, 0.15) is 17.7 Å². The van der Waals surface area contributed by atoms with Crippen molar-refractivity contribution in [3.05, 3.63) is 167 Å². The highest BCUT2D eigenvalue weighted by molar-refractivity contribution is 5.92. The fraction of sp³-hybridized carbons (Fsp3) is 0.0250. The summed E-state index contributed by atoms with van der Waals surface area (Å²) in [4.78, 5) is 18.2. The molecule has 6 aromatic carbocycles. The predicted octanol–water partition coefficient (Wildman–Crippen LogP) is 8.30. The number of aromatic nitrogens is 3. The van der Waals surface area contributed by atoms with Gasteiger partial charge < -0.3 is 4.42 Å². The van der Waals surface area contributed by atoms with Gasteiger partial charge in [0, 0.05) is 5.56 Å². The molecule has 2 aromatic heterocycles. The first kappa shape index (κ1) is 26.5. The van der Waals surface area contributed by atoms with E-state index in [4.69, 9.17) is 14.5 Å². The smallest absolute Gasteiger partial charge is 0.334 e. The lowest BCUT2D eigenvalue weighted by Crippen LogP contribution is -2.40. The zero-order valence-corrected chi connectivity index (χ0v) is 24.3. The second-order valence-electron chi connectivity index (χ2n) is 11.1. The Labute approximate surface area is 259 Å². The molecule has 5 heteroatoms. The Bertz CT molecular complexity index is 2360. The molecule has 0 unspecified atom stereocenters. The molecule has 45 heavy (non-hydrogen) atoms. The first-order chi connectivity index (χ1) is 22.2. The van der Waals surface area contributed by atoms with Crippen LogP contribution in [0.1, 0.15) is 5.56 Å². The normalized spacial score (nSPS) is 11.3. The standard InChI is InChI=1S/C40H27N3O2/c44-38-34-16-7-8-17-36(34)45-37-23-22-33(25-35(37)38)32-15-9-14-31(24-32)28-18-20-30(21-19-28)40-41-39(29-12-5-2-6-13-29)42-43(40)26-27-10-3-1-4-11-27/h1-25H,26H2. The van der Waals surface area contributed by atoms with Crippen LogP contribution in [0.3, 0.4) is 0 Å². The second kappa shape index (κ2) is 11.2. The molecule has 2 heterocycles. The van der Waals surface area contributed by atoms with E-state index in [1.54, 1.807) is 0 Å². The van der Waals surface area contributed by atoms with Crippen molar-refractivity contribution >= 4 is 21.9 Å². The van der Waals surface area contributed by atoms with E-state index in [1.165, 1.54) is 0 Å². The van der Waals surface area contributed by atoms with E-state index in [1.807, 2.05) is 102 Å². The Kier molecular flexibility index (Phi) is 6.61. The Morgan fingerprint density at radius 1 is 0.533 bits per heavy atom. The van der Waals surface area contributed by atoms with Crippen molar-refractivity contribution in [2.45, 2.75) is 6.54 Å². The molecule has 8 rings (SSSR count). The molecule has 0 saturated heterocycles. The van der Waals surface area contributed by atoms with Crippen molar-refractivity contribution in [1.29, 1.82) is 0 Å². The van der Waals surface area contributed by atoms with E-state index in [-0.39, 0.29) is 5.43 Å². The molecular formula is C40H27N3O2. The maximum atomic E-state index is 13.2. The Morgan fingerprint density at radius 3 is 1.93 bits per heavy atom. The van der Waals surface area contributed by atoms with Crippen molar-refractivity contribution in [3.63, 3.8) is 0 Å². The van der Waals surface area contributed by atoms with Crippen LogP contribution in [-0.2, 0) is 6.54 Å². The third kappa shape index (κ3) is 5.11. The molecule has 0 aliphatic carbocycles. The summed E-state index contributed by atoms with van der Waals surface area (Å²) >= 11 is 0. The summed E-state index contributed by atoms with van der Waals surface area (Å²) in [5.74, 6) is 1.52. The van der Waals surface area contributed by atoms with Crippen LogP contribution in [0.15, 0.2) is 161 Å². The highest BCUT2D eigenvalue weighted by Crippen LogP contribution is 2.30. The van der Waals surface area contributed by atoms with Crippen LogP contribution in [0.4, 0.5) is 0 Å². The van der Waals surface area contributed by atoms with E-state index in [2.05, 4.69) is 54.6 Å². The van der Waals surface area contributed by atoms with E-state index >= 15 is 0 Å². The van der Waals surface area contributed by atoms with E-state index in [0.717, 1.165) is 44.8 Å². The van der Waals surface area contributed by atoms with Gasteiger partial charge in [0.15, 0.2) is 0 Å². The summed E-state index contributed by atoms with van der Waals surface area (Å²) in [6.07, 6.45) is 0. The molecule has 0 atom stereocenters. The lowest BCUT2D eigenvalue weighted by atomic mass is 9.97. The second-order valence-corrected chi connectivity index (χ2v) is 11.1. The quantitative estimate of drug-likeness (QED) is 0.146. The van der Waals surface area contributed by atoms with Gasteiger partial charge in [0.25, 0.3) is 0 Å². The van der Waals surface area contributed by atoms with Gasteiger partial charge in [-0.1, -0.05) is 109 Å². The lowest BCUT2D eigenvalue weighted by molar-refractivity contribution is -0.737. The Morgan fingerprint density at radius 2 is 1.13 bits per heavy atom. The van der Waals surface area contributed by atoms with Crippen molar-refractivity contribution in [1.82, 2.24) is 10.1 Å². The van der Waals surface area contributed by atoms with Crippen molar-refractivity contribution in [2.24, 2.45) is 0 Å². The Balaban J connectivity index is 1.13. The highest BCUT2D eigenvalue weighted by Gasteiger charge is 2.20. The average molecular weight is 582 g/mol. The summed E-state index contributed by atoms with van der Waals surface area (Å²) in [5, 5.41) is 6.07. The summed E-state index contributed by atoms with van der Waals surface area (Å²) in [5.41, 5.74) is 8.48. The van der Waals surface area contributed by atoms with Crippen LogP contribution < -0.4 is 15.2 Å². The zero-order valence-electron chi connectivity index (χ0n) is 24.3. The SMILES string of the molecule is O=c1c2ccccc2oc2ccc(-c3cccc(-c4ccc(-c5nc(-c6ccccc6)[n-][n+]5Cc5ccccc5)cc4)c3)cc12. The molecule has 0 aliphatic rings. The maximum Gasteiger partial charge on any atom is 0.334 e. The van der Waals surface area contributed by atoms with Gasteiger partial charge in [-0.3, -0.25) is 4.79 Å². The minimum atomic E-state index is -0.0176. The fourth-order valence-corrected chi connectivity index (χ4v) is 5.80. The van der Waals surface area contributed by atoms with Gasteiger partial charge in [-0.2, -0.15) is 0 Å². The largest absolute Gasteiger partial charge is 0.456 e. The lowest BCUT2D eigenvalue weighted by Gasteiger charge is -2.08. The molecule has 0 spiro atoms. The molecule has 8 aromatic rings. The van der Waals surface area contributed by atoms with Crippen molar-refractivity contribution in [2.75, 3.05) is 0 Å². The van der Waals surface area contributed by atoms with Crippen LogP contribution in [-0.4, -0.2) is 4.98 Å². The third-order valence-corrected chi connectivity index (χ3v) is 8.13. The topological polar surface area (TPSA) is 61.1 Å². The fourth-order valence-electron chi connectivity index (χ4n) is 5.80. The number of nitrogens with zero attached hydrogens (tertiary/aromatic N) is 3. The molecule has 0 saturated carbocycles. The van der Waals surface area contributed by atoms with Gasteiger partial charge >= 0.3 is 5.82 Å². The molecule has 5 nitrogen and oxygen atoms in total. The van der Waals surface area contributed by atoms with E-state index < -0.39 is 0 Å². The summed E-state index contributed by atoms with van der Waals surface area (Å²) < 4.78 is 7.99. The Hall–Kier alpha value is -6.07. The van der Waals surface area contributed by atoms with Crippen molar-refractivity contribution < 1.29 is 9.10 Å². The number of fused-ring (bicyclic) bond motifs is 2. The summed E-state index contributed by atoms with van der Waals surface area (Å²) in [7, 11) is 0. The molecule has 214 valence electrons. The summed E-state index contributed by atoms with van der Waals surface area (Å²) in [6, 6.07) is 50.4. The van der Waals surface area contributed by atoms with Gasteiger partial charge in [0.2, 0.25) is 11.3 Å². The highest BCUT2D eigenvalue weighted by atomic mass is 16.3. The molecule has 0 radical (unpaired) electrons. The van der Waals surface area contributed by atoms with Gasteiger partial charge in [-0.05, 0) is 75.3 Å². The van der Waals surface area contributed by atoms with Crippen LogP contribution in [0.25, 0.3) is 67.0 Å². The molecule has 0 N–H and O–H groups in total. The van der Waals surface area contributed by atoms with Gasteiger partial charge in [0.05, 0.1) is 16.3 Å². The van der Waals surface area contributed by atoms with Crippen LogP contribution in [0.5, 0.6) is 0 Å². The number of rotatable bonds is 6. The van der Waals surface area contributed by atoms with Crippen LogP contribution in [0.2, 0.25) is 0 Å². The average Bonchev–Trinajstić information content (AvgIpc) is 3.53. The molecular weight excluding hydrogens is 554 g/mol. The molecule has 0 aliphatic heterocycles. The first-order valence-electron chi connectivity index (χ1n) is 14.9. The predicted molar refractivity (Wildman–Crippen MR) is 179 cm³/mol. The number of hydrogen-bond acceptors (Lipinski definition) is 3. The zero-order chi connectivity index (χ0) is 30.2. The van der Waals surface area contributed by atoms with E-state index in [9.17, 15) is 4.79 Å². The van der Waals surface area contributed by atoms with Crippen molar-refractivity contribution in [3.8, 4) is 45.0 Å². The van der Waals surface area contributed by atoms with Crippen LogP contribution in [0, 0.1) is 0 Å². The van der Waals surface area contributed by atoms with Gasteiger partial charge in [-0.25, -0.2) is 9.78 Å². The maximum absolute atomic E-state index is 13.2. The monoisotopic (exact) mass is 581 g/mol. The van der Waals surface area contributed by atoms with Gasteiger partial charge in [-0.15, -0.1) is 0 Å². The molecule has 0 bridgehead atoms. The summed E-state index contributed by atoms with van der Waals surface area (Å²) in [6.45, 7) is 0.625. The first-order valence-corrected chi connectivity index (χ1v) is 14.9. The molecule has 0 fully saturated rings. The van der Waals surface area contributed by atoms with Crippen LogP contribution >= 0.6 is 0 Å². The third-order valence-electron chi connectivity index (χ3n) is 8.13. The minimum Gasteiger partial charge on any atom is -0.456 e. The van der Waals surface area contributed by atoms with E-state index in [0.29, 0.717) is 34.3 Å².